The highest BCUT2D eigenvalue weighted by Crippen LogP contribution is 2.28. The molecule has 0 aliphatic carbocycles. The fourth-order valence-electron chi connectivity index (χ4n) is 3.26. The van der Waals surface area contributed by atoms with Crippen molar-refractivity contribution < 1.29 is 19.1 Å². The van der Waals surface area contributed by atoms with Crippen molar-refractivity contribution in [3.63, 3.8) is 0 Å². The number of nitrogens with zero attached hydrogens (tertiary/aromatic N) is 1. The number of methoxy groups -OCH3 is 2. The molecule has 2 aromatic rings. The van der Waals surface area contributed by atoms with Crippen LogP contribution >= 0.6 is 15.9 Å². The van der Waals surface area contributed by atoms with Gasteiger partial charge in [0.1, 0.15) is 0 Å². The quantitative estimate of drug-likeness (QED) is 0.708. The Morgan fingerprint density at radius 2 is 1.86 bits per heavy atom. The summed E-state index contributed by atoms with van der Waals surface area (Å²) in [5, 5.41) is 2.94. The highest BCUT2D eigenvalue weighted by atomic mass is 79.9. The summed E-state index contributed by atoms with van der Waals surface area (Å²) < 4.78 is 11.5. The SMILES string of the molecule is COc1ccc(CCNC(=O)[C@@H]2CC(=O)N(c3ccc(Br)cc3)C2)cc1OC. The van der Waals surface area contributed by atoms with Gasteiger partial charge in [-0.2, -0.15) is 0 Å². The number of carbonyl (C=O) groups excluding carboxylic acids is 2. The number of hydrogen-bond acceptors (Lipinski definition) is 4. The number of hydrogen-bond donors (Lipinski definition) is 1. The molecule has 1 atom stereocenters. The maximum absolute atomic E-state index is 12.5. The van der Waals surface area contributed by atoms with Crippen molar-refractivity contribution in [2.24, 2.45) is 5.92 Å². The highest BCUT2D eigenvalue weighted by molar-refractivity contribution is 9.10. The largest absolute Gasteiger partial charge is 0.493 e. The van der Waals surface area contributed by atoms with Crippen LogP contribution in [0.3, 0.4) is 0 Å². The van der Waals surface area contributed by atoms with Crippen molar-refractivity contribution >= 4 is 33.4 Å². The predicted molar refractivity (Wildman–Crippen MR) is 111 cm³/mol. The van der Waals surface area contributed by atoms with Gasteiger partial charge in [0.05, 0.1) is 20.1 Å². The molecule has 0 bridgehead atoms. The van der Waals surface area contributed by atoms with Crippen molar-refractivity contribution in [2.75, 3.05) is 32.2 Å². The molecule has 0 spiro atoms. The fourth-order valence-corrected chi connectivity index (χ4v) is 3.53. The summed E-state index contributed by atoms with van der Waals surface area (Å²) in [7, 11) is 3.19. The van der Waals surface area contributed by atoms with Crippen molar-refractivity contribution in [1.82, 2.24) is 5.32 Å². The van der Waals surface area contributed by atoms with Crippen molar-refractivity contribution in [3.05, 3.63) is 52.5 Å². The van der Waals surface area contributed by atoms with E-state index >= 15 is 0 Å². The third-order valence-corrected chi connectivity index (χ3v) is 5.32. The molecule has 7 heteroatoms. The summed E-state index contributed by atoms with van der Waals surface area (Å²) in [5.41, 5.74) is 1.85. The predicted octanol–water partition coefficient (Wildman–Crippen LogP) is 3.18. The summed E-state index contributed by atoms with van der Waals surface area (Å²) in [6.45, 7) is 0.903. The molecule has 2 aromatic carbocycles. The van der Waals surface area contributed by atoms with Gasteiger partial charge in [0.2, 0.25) is 11.8 Å². The first-order chi connectivity index (χ1) is 13.5. The molecule has 6 nitrogen and oxygen atoms in total. The topological polar surface area (TPSA) is 67.9 Å². The van der Waals surface area contributed by atoms with Crippen LogP contribution in [0.5, 0.6) is 11.5 Å². The van der Waals surface area contributed by atoms with E-state index in [0.717, 1.165) is 15.7 Å². The summed E-state index contributed by atoms with van der Waals surface area (Å²) >= 11 is 3.39. The average molecular weight is 447 g/mol. The second-order valence-electron chi connectivity index (χ2n) is 6.61. The van der Waals surface area contributed by atoms with Gasteiger partial charge in [0.25, 0.3) is 0 Å². The molecule has 0 saturated carbocycles. The van der Waals surface area contributed by atoms with Crippen LogP contribution in [-0.2, 0) is 16.0 Å². The highest BCUT2D eigenvalue weighted by Gasteiger charge is 2.34. The first-order valence-electron chi connectivity index (χ1n) is 9.06. The summed E-state index contributed by atoms with van der Waals surface area (Å²) in [6, 6.07) is 13.2. The second-order valence-corrected chi connectivity index (χ2v) is 7.53. The molecule has 1 fully saturated rings. The fraction of sp³-hybridized carbons (Fsp3) is 0.333. The van der Waals surface area contributed by atoms with Crippen LogP contribution in [0.25, 0.3) is 0 Å². The van der Waals surface area contributed by atoms with E-state index in [9.17, 15) is 9.59 Å². The molecule has 148 valence electrons. The number of halogens is 1. The Bertz CT molecular complexity index is 854. The molecular formula is C21H23BrN2O4. The van der Waals surface area contributed by atoms with E-state index in [4.69, 9.17) is 9.47 Å². The van der Waals surface area contributed by atoms with Crippen LogP contribution < -0.4 is 19.7 Å². The lowest BCUT2D eigenvalue weighted by Gasteiger charge is -2.17. The Morgan fingerprint density at radius 1 is 1.14 bits per heavy atom. The summed E-state index contributed by atoms with van der Waals surface area (Å²) in [4.78, 5) is 26.5. The minimum absolute atomic E-state index is 0.0256. The first kappa shape index (κ1) is 20.2. The zero-order valence-corrected chi connectivity index (χ0v) is 17.5. The lowest BCUT2D eigenvalue weighted by molar-refractivity contribution is -0.126. The zero-order valence-electron chi connectivity index (χ0n) is 15.9. The van der Waals surface area contributed by atoms with E-state index in [1.165, 1.54) is 0 Å². The Labute approximate surface area is 172 Å². The van der Waals surface area contributed by atoms with Gasteiger partial charge in [-0.25, -0.2) is 0 Å². The van der Waals surface area contributed by atoms with E-state index in [1.807, 2.05) is 42.5 Å². The number of ether oxygens (including phenoxy) is 2. The van der Waals surface area contributed by atoms with E-state index in [-0.39, 0.29) is 24.2 Å². The molecule has 1 aliphatic rings. The first-order valence-corrected chi connectivity index (χ1v) is 9.85. The van der Waals surface area contributed by atoms with Gasteiger partial charge in [-0.3, -0.25) is 9.59 Å². The second kappa shape index (κ2) is 9.10. The maximum Gasteiger partial charge on any atom is 0.227 e. The smallest absolute Gasteiger partial charge is 0.227 e. The Morgan fingerprint density at radius 3 is 2.54 bits per heavy atom. The molecule has 1 heterocycles. The molecule has 0 unspecified atom stereocenters. The maximum atomic E-state index is 12.5. The zero-order chi connectivity index (χ0) is 20.1. The molecule has 1 aliphatic heterocycles. The Hall–Kier alpha value is -2.54. The van der Waals surface area contributed by atoms with Crippen molar-refractivity contribution in [3.8, 4) is 11.5 Å². The van der Waals surface area contributed by atoms with Gasteiger partial charge < -0.3 is 19.7 Å². The molecule has 1 N–H and O–H groups in total. The van der Waals surface area contributed by atoms with E-state index in [2.05, 4.69) is 21.2 Å². The van der Waals surface area contributed by atoms with Crippen LogP contribution in [0, 0.1) is 5.92 Å². The van der Waals surface area contributed by atoms with Gasteiger partial charge in [-0.1, -0.05) is 22.0 Å². The van der Waals surface area contributed by atoms with Crippen LogP contribution in [0.15, 0.2) is 46.9 Å². The number of benzene rings is 2. The lowest BCUT2D eigenvalue weighted by Crippen LogP contribution is -2.34. The molecule has 28 heavy (non-hydrogen) atoms. The molecular weight excluding hydrogens is 424 g/mol. The van der Waals surface area contributed by atoms with Crippen molar-refractivity contribution in [2.45, 2.75) is 12.8 Å². The number of rotatable bonds is 7. The van der Waals surface area contributed by atoms with Gasteiger partial charge in [-0.15, -0.1) is 0 Å². The van der Waals surface area contributed by atoms with E-state index in [0.29, 0.717) is 31.0 Å². The van der Waals surface area contributed by atoms with Gasteiger partial charge in [-0.05, 0) is 48.4 Å². The third-order valence-electron chi connectivity index (χ3n) is 4.79. The van der Waals surface area contributed by atoms with Gasteiger partial charge in [0.15, 0.2) is 11.5 Å². The molecule has 2 amide bonds. The van der Waals surface area contributed by atoms with E-state index < -0.39 is 0 Å². The molecule has 3 rings (SSSR count). The average Bonchev–Trinajstić information content (AvgIpc) is 3.10. The van der Waals surface area contributed by atoms with Crippen molar-refractivity contribution in [1.29, 1.82) is 0 Å². The van der Waals surface area contributed by atoms with Crippen LogP contribution in [0.2, 0.25) is 0 Å². The minimum Gasteiger partial charge on any atom is -0.493 e. The third kappa shape index (κ3) is 4.65. The minimum atomic E-state index is -0.332. The molecule has 0 aromatic heterocycles. The summed E-state index contributed by atoms with van der Waals surface area (Å²) in [6.07, 6.45) is 0.904. The number of carbonyl (C=O) groups is 2. The van der Waals surface area contributed by atoms with Gasteiger partial charge in [0, 0.05) is 29.7 Å². The number of amides is 2. The molecule has 1 saturated heterocycles. The van der Waals surface area contributed by atoms with Gasteiger partial charge >= 0.3 is 0 Å². The summed E-state index contributed by atoms with van der Waals surface area (Å²) in [5.74, 6) is 0.892. The number of nitrogens with one attached hydrogen (secondary N) is 1. The van der Waals surface area contributed by atoms with Crippen LogP contribution in [0.4, 0.5) is 5.69 Å². The lowest BCUT2D eigenvalue weighted by atomic mass is 10.1. The normalized spacial score (nSPS) is 16.2. The Balaban J connectivity index is 1.53. The van der Waals surface area contributed by atoms with Crippen LogP contribution in [0.1, 0.15) is 12.0 Å². The van der Waals surface area contributed by atoms with E-state index in [1.54, 1.807) is 19.1 Å². The standard InChI is InChI=1S/C21H23BrN2O4/c1-27-18-8-3-14(11-19(18)28-2)9-10-23-21(26)15-12-20(25)24(13-15)17-6-4-16(22)5-7-17/h3-8,11,15H,9-10,12-13H2,1-2H3,(H,23,26)/t15-/m1/s1. The Kier molecular flexibility index (Phi) is 6.57. The van der Waals surface area contributed by atoms with Crippen LogP contribution in [-0.4, -0.2) is 39.1 Å². The number of anilines is 1. The monoisotopic (exact) mass is 446 g/mol. The molecule has 0 radical (unpaired) electrons.